The van der Waals surface area contributed by atoms with E-state index < -0.39 is 17.7 Å². The highest BCUT2D eigenvalue weighted by molar-refractivity contribution is 5.88. The molecule has 0 atom stereocenters. The van der Waals surface area contributed by atoms with Crippen molar-refractivity contribution in [2.45, 2.75) is 19.5 Å². The molecular formula is C14H13F3O4. The van der Waals surface area contributed by atoms with Gasteiger partial charge in [-0.05, 0) is 24.6 Å². The predicted octanol–water partition coefficient (Wildman–Crippen LogP) is 3.10. The van der Waals surface area contributed by atoms with Crippen LogP contribution < -0.4 is 9.47 Å². The minimum absolute atomic E-state index is 0.0350. The topological polar surface area (TPSA) is 44.8 Å². The first-order valence-corrected chi connectivity index (χ1v) is 6.17. The number of rotatable bonds is 4. The van der Waals surface area contributed by atoms with Crippen LogP contribution in [0.2, 0.25) is 0 Å². The molecule has 0 amide bonds. The van der Waals surface area contributed by atoms with Gasteiger partial charge < -0.3 is 14.2 Å². The summed E-state index contributed by atoms with van der Waals surface area (Å²) in [6.45, 7) is 5.08. The van der Waals surface area contributed by atoms with Crippen LogP contribution in [0.25, 0.3) is 0 Å². The molecule has 0 unspecified atom stereocenters. The number of alkyl halides is 3. The van der Waals surface area contributed by atoms with Gasteiger partial charge in [0.2, 0.25) is 6.79 Å². The summed E-state index contributed by atoms with van der Waals surface area (Å²) in [5, 5.41) is 0. The molecule has 4 nitrogen and oxygen atoms in total. The van der Waals surface area contributed by atoms with E-state index in [4.69, 9.17) is 14.2 Å². The van der Waals surface area contributed by atoms with Gasteiger partial charge in [-0.3, -0.25) is 0 Å². The lowest BCUT2D eigenvalue weighted by atomic mass is 9.99. The Kier molecular flexibility index (Phi) is 4.11. The monoisotopic (exact) mass is 302 g/mol. The number of carbonyl (C=O) groups excluding carboxylic acids is 1. The van der Waals surface area contributed by atoms with Crippen molar-refractivity contribution in [3.05, 3.63) is 35.4 Å². The third-order valence-corrected chi connectivity index (χ3v) is 2.87. The fourth-order valence-electron chi connectivity index (χ4n) is 1.93. The van der Waals surface area contributed by atoms with Gasteiger partial charge in [0.25, 0.3) is 0 Å². The Morgan fingerprint density at radius 3 is 2.52 bits per heavy atom. The Balaban J connectivity index is 2.33. The molecule has 1 aromatic carbocycles. The molecule has 0 aromatic heterocycles. The van der Waals surface area contributed by atoms with Gasteiger partial charge >= 0.3 is 12.1 Å². The first kappa shape index (κ1) is 15.2. The van der Waals surface area contributed by atoms with E-state index >= 15 is 0 Å². The lowest BCUT2D eigenvalue weighted by molar-refractivity contribution is -0.140. The highest BCUT2D eigenvalue weighted by Gasteiger charge is 2.36. The summed E-state index contributed by atoms with van der Waals surface area (Å²) < 4.78 is 53.9. The smallest absolute Gasteiger partial charge is 0.416 e. The van der Waals surface area contributed by atoms with Gasteiger partial charge in [0.1, 0.15) is 0 Å². The Labute approximate surface area is 119 Å². The molecule has 0 aliphatic carbocycles. The molecule has 7 heteroatoms. The zero-order valence-corrected chi connectivity index (χ0v) is 11.3. The Bertz CT molecular complexity index is 578. The standard InChI is InChI=1S/C14H13F3O4/c1-3-19-13(18)8(2)4-9-5-11-12(21-7-20-11)6-10(9)14(15,16)17/h5-6H,2-4,7H2,1H3. The van der Waals surface area contributed by atoms with Gasteiger partial charge in [-0.2, -0.15) is 13.2 Å². The zero-order valence-electron chi connectivity index (χ0n) is 11.3. The maximum Gasteiger partial charge on any atom is 0.416 e. The van der Waals surface area contributed by atoms with E-state index in [1.807, 2.05) is 0 Å². The Morgan fingerprint density at radius 2 is 1.95 bits per heavy atom. The van der Waals surface area contributed by atoms with Gasteiger partial charge in [0.05, 0.1) is 12.2 Å². The van der Waals surface area contributed by atoms with Crippen LogP contribution >= 0.6 is 0 Å². The van der Waals surface area contributed by atoms with Crippen molar-refractivity contribution >= 4 is 5.97 Å². The van der Waals surface area contributed by atoms with E-state index in [2.05, 4.69) is 6.58 Å². The highest BCUT2D eigenvalue weighted by Crippen LogP contribution is 2.41. The molecule has 0 spiro atoms. The van der Waals surface area contributed by atoms with Crippen molar-refractivity contribution in [2.24, 2.45) is 0 Å². The average molecular weight is 302 g/mol. The second kappa shape index (κ2) is 5.67. The number of hydrogen-bond acceptors (Lipinski definition) is 4. The minimum atomic E-state index is -4.56. The van der Waals surface area contributed by atoms with Crippen LogP contribution in [0.3, 0.4) is 0 Å². The van der Waals surface area contributed by atoms with E-state index in [1.165, 1.54) is 6.07 Å². The molecule has 0 bridgehead atoms. The third-order valence-electron chi connectivity index (χ3n) is 2.87. The number of hydrogen-bond donors (Lipinski definition) is 0. The van der Waals surface area contributed by atoms with E-state index in [1.54, 1.807) is 6.92 Å². The van der Waals surface area contributed by atoms with Gasteiger partial charge in [-0.15, -0.1) is 0 Å². The Morgan fingerprint density at radius 1 is 1.33 bits per heavy atom. The molecule has 0 radical (unpaired) electrons. The van der Waals surface area contributed by atoms with Crippen LogP contribution in [0.15, 0.2) is 24.3 Å². The van der Waals surface area contributed by atoms with Gasteiger partial charge in [0, 0.05) is 12.0 Å². The van der Waals surface area contributed by atoms with Crippen LogP contribution in [0.4, 0.5) is 13.2 Å². The molecule has 0 saturated carbocycles. The fraction of sp³-hybridized carbons (Fsp3) is 0.357. The second-order valence-electron chi connectivity index (χ2n) is 4.36. The number of halogens is 3. The molecule has 114 valence electrons. The molecule has 1 aliphatic rings. The van der Waals surface area contributed by atoms with E-state index in [0.717, 1.165) is 6.07 Å². The summed E-state index contributed by atoms with van der Waals surface area (Å²) in [6, 6.07) is 2.09. The van der Waals surface area contributed by atoms with Crippen molar-refractivity contribution in [1.82, 2.24) is 0 Å². The second-order valence-corrected chi connectivity index (χ2v) is 4.36. The first-order valence-electron chi connectivity index (χ1n) is 6.17. The number of benzene rings is 1. The Hall–Kier alpha value is -2.18. The number of ether oxygens (including phenoxy) is 3. The summed E-state index contributed by atoms with van der Waals surface area (Å²) in [5.74, 6) is -0.467. The van der Waals surface area contributed by atoms with Gasteiger partial charge in [-0.25, -0.2) is 4.79 Å². The molecule has 2 rings (SSSR count). The molecule has 0 fully saturated rings. The SMILES string of the molecule is C=C(Cc1cc2c(cc1C(F)(F)F)OCO2)C(=O)OCC. The molecule has 0 saturated heterocycles. The lowest BCUT2D eigenvalue weighted by Crippen LogP contribution is -2.13. The third kappa shape index (κ3) is 3.29. The maximum atomic E-state index is 13.1. The summed E-state index contributed by atoms with van der Waals surface area (Å²) in [5.41, 5.74) is -1.04. The molecule has 1 heterocycles. The van der Waals surface area contributed by atoms with E-state index in [-0.39, 0.29) is 42.5 Å². The highest BCUT2D eigenvalue weighted by atomic mass is 19.4. The first-order chi connectivity index (χ1) is 9.82. The quantitative estimate of drug-likeness (QED) is 0.633. The van der Waals surface area contributed by atoms with Crippen molar-refractivity contribution in [1.29, 1.82) is 0 Å². The lowest BCUT2D eigenvalue weighted by Gasteiger charge is -2.14. The molecule has 0 N–H and O–H groups in total. The van der Waals surface area contributed by atoms with Crippen LogP contribution in [-0.2, 0) is 22.1 Å². The van der Waals surface area contributed by atoms with E-state index in [9.17, 15) is 18.0 Å². The maximum absolute atomic E-state index is 13.1. The van der Waals surface area contributed by atoms with Crippen LogP contribution in [-0.4, -0.2) is 19.4 Å². The molecular weight excluding hydrogens is 289 g/mol. The largest absolute Gasteiger partial charge is 0.463 e. The zero-order chi connectivity index (χ0) is 15.6. The van der Waals surface area contributed by atoms with Crippen LogP contribution in [0.5, 0.6) is 11.5 Å². The fourth-order valence-corrected chi connectivity index (χ4v) is 1.93. The number of carbonyl (C=O) groups is 1. The van der Waals surface area contributed by atoms with Crippen LogP contribution in [0.1, 0.15) is 18.1 Å². The predicted molar refractivity (Wildman–Crippen MR) is 67.0 cm³/mol. The summed E-state index contributed by atoms with van der Waals surface area (Å²) in [4.78, 5) is 11.5. The van der Waals surface area contributed by atoms with E-state index in [0.29, 0.717) is 0 Å². The molecule has 1 aliphatic heterocycles. The molecule has 1 aromatic rings. The van der Waals surface area contributed by atoms with Crippen molar-refractivity contribution in [3.63, 3.8) is 0 Å². The number of fused-ring (bicyclic) bond motifs is 1. The van der Waals surface area contributed by atoms with Gasteiger partial charge in [0.15, 0.2) is 11.5 Å². The van der Waals surface area contributed by atoms with Crippen molar-refractivity contribution in [2.75, 3.05) is 13.4 Å². The summed E-state index contributed by atoms with van der Waals surface area (Å²) >= 11 is 0. The molecule has 21 heavy (non-hydrogen) atoms. The van der Waals surface area contributed by atoms with Crippen LogP contribution in [0, 0.1) is 0 Å². The average Bonchev–Trinajstić information content (AvgIpc) is 2.84. The minimum Gasteiger partial charge on any atom is -0.463 e. The van der Waals surface area contributed by atoms with Gasteiger partial charge in [-0.1, -0.05) is 6.58 Å². The van der Waals surface area contributed by atoms with Crippen molar-refractivity contribution < 1.29 is 32.2 Å². The number of esters is 1. The summed E-state index contributed by atoms with van der Waals surface area (Å²) in [6.07, 6.45) is -4.84. The normalized spacial score (nSPS) is 13.1. The van der Waals surface area contributed by atoms with Crippen molar-refractivity contribution in [3.8, 4) is 11.5 Å². The summed E-state index contributed by atoms with van der Waals surface area (Å²) in [7, 11) is 0.